The van der Waals surface area contributed by atoms with E-state index in [1.807, 2.05) is 0 Å². The molecule has 2 aromatic carbocycles. The highest BCUT2D eigenvalue weighted by Crippen LogP contribution is 2.24. The molecule has 0 saturated carbocycles. The first-order valence-electron chi connectivity index (χ1n) is 7.45. The summed E-state index contributed by atoms with van der Waals surface area (Å²) in [5.41, 5.74) is 1.40. The molecule has 1 fully saturated rings. The summed E-state index contributed by atoms with van der Waals surface area (Å²) in [5.74, 6) is -0.314. The first kappa shape index (κ1) is 16.4. The van der Waals surface area contributed by atoms with Crippen LogP contribution in [0.15, 0.2) is 53.4 Å². The second-order valence-electron chi connectivity index (χ2n) is 5.75. The van der Waals surface area contributed by atoms with Crippen molar-refractivity contribution in [3.63, 3.8) is 0 Å². The molecule has 3 rings (SSSR count). The van der Waals surface area contributed by atoms with E-state index in [0.717, 1.165) is 11.8 Å². The van der Waals surface area contributed by atoms with Crippen LogP contribution in [-0.4, -0.2) is 38.7 Å². The second kappa shape index (κ2) is 6.24. The molecule has 0 radical (unpaired) electrons. The third kappa shape index (κ3) is 3.41. The largest absolute Gasteiger partial charge is 0.324 e. The molecule has 0 unspecified atom stereocenters. The number of carbonyl (C=O) groups excluding carboxylic acids is 1. The lowest BCUT2D eigenvalue weighted by molar-refractivity contribution is 0.218. The molecule has 0 aliphatic carbocycles. The lowest BCUT2D eigenvalue weighted by atomic mass is 10.2. The van der Waals surface area contributed by atoms with Gasteiger partial charge in [0, 0.05) is 31.6 Å². The maximum atomic E-state index is 13.0. The first-order valence-corrected chi connectivity index (χ1v) is 9.35. The molecule has 1 saturated heterocycles. The van der Waals surface area contributed by atoms with Crippen molar-refractivity contribution < 1.29 is 17.6 Å². The van der Waals surface area contributed by atoms with Gasteiger partial charge in [-0.2, -0.15) is 0 Å². The maximum absolute atomic E-state index is 13.0. The molecule has 0 bridgehead atoms. The molecule has 2 amide bonds. The summed E-state index contributed by atoms with van der Waals surface area (Å²) in [7, 11) is -3.33. The Morgan fingerprint density at radius 3 is 2.46 bits per heavy atom. The molecule has 0 N–H and O–H groups in total. The minimum atomic E-state index is -3.33. The Morgan fingerprint density at radius 1 is 1.08 bits per heavy atom. The van der Waals surface area contributed by atoms with Gasteiger partial charge in [-0.15, -0.1) is 0 Å². The zero-order valence-corrected chi connectivity index (χ0v) is 14.0. The van der Waals surface area contributed by atoms with Gasteiger partial charge in [-0.3, -0.25) is 4.90 Å². The molecular weight excluding hydrogens is 331 g/mol. The van der Waals surface area contributed by atoms with E-state index in [9.17, 15) is 17.6 Å². The van der Waals surface area contributed by atoms with Crippen LogP contribution < -0.4 is 4.90 Å². The van der Waals surface area contributed by atoms with Crippen LogP contribution in [0, 0.1) is 5.82 Å². The predicted molar refractivity (Wildman–Crippen MR) is 89.1 cm³/mol. The molecule has 1 aliphatic rings. The molecule has 5 nitrogen and oxygen atoms in total. The number of hydrogen-bond donors (Lipinski definition) is 0. The van der Waals surface area contributed by atoms with Gasteiger partial charge in [-0.05, 0) is 35.9 Å². The van der Waals surface area contributed by atoms with Crippen molar-refractivity contribution in [2.45, 2.75) is 11.4 Å². The van der Waals surface area contributed by atoms with Gasteiger partial charge in [0.05, 0.1) is 4.90 Å². The molecule has 0 spiro atoms. The number of sulfone groups is 1. The zero-order chi connectivity index (χ0) is 17.3. The van der Waals surface area contributed by atoms with Gasteiger partial charge >= 0.3 is 6.03 Å². The summed E-state index contributed by atoms with van der Waals surface area (Å²) in [6.45, 7) is 1.40. The number of nitrogens with zero attached hydrogens (tertiary/aromatic N) is 2. The SMILES string of the molecule is CS(=O)(=O)c1cccc(N2CCN(Cc3ccc(F)cc3)C2=O)c1. The fraction of sp³-hybridized carbons (Fsp3) is 0.235. The summed E-state index contributed by atoms with van der Waals surface area (Å²) in [6, 6.07) is 12.2. The zero-order valence-electron chi connectivity index (χ0n) is 13.1. The number of benzene rings is 2. The fourth-order valence-corrected chi connectivity index (χ4v) is 3.32. The monoisotopic (exact) mass is 348 g/mol. The number of rotatable bonds is 4. The van der Waals surface area contributed by atoms with Crippen LogP contribution in [0.5, 0.6) is 0 Å². The summed E-state index contributed by atoms with van der Waals surface area (Å²) in [5, 5.41) is 0. The van der Waals surface area contributed by atoms with Gasteiger partial charge in [0.15, 0.2) is 9.84 Å². The lowest BCUT2D eigenvalue weighted by Gasteiger charge is -2.19. The third-order valence-corrected chi connectivity index (χ3v) is 5.05. The van der Waals surface area contributed by atoms with Crippen molar-refractivity contribution in [2.24, 2.45) is 0 Å². The Kier molecular flexibility index (Phi) is 4.28. The average molecular weight is 348 g/mol. The minimum absolute atomic E-state index is 0.185. The summed E-state index contributed by atoms with van der Waals surface area (Å²) < 4.78 is 36.3. The van der Waals surface area contributed by atoms with Crippen LogP contribution in [0.1, 0.15) is 5.56 Å². The number of anilines is 1. The van der Waals surface area contributed by atoms with E-state index in [0.29, 0.717) is 25.3 Å². The molecule has 0 aromatic heterocycles. The predicted octanol–water partition coefficient (Wildman–Crippen LogP) is 2.67. The summed E-state index contributed by atoms with van der Waals surface area (Å²) in [6.07, 6.45) is 1.14. The highest BCUT2D eigenvalue weighted by molar-refractivity contribution is 7.90. The van der Waals surface area contributed by atoms with Crippen molar-refractivity contribution >= 4 is 21.6 Å². The normalized spacial score (nSPS) is 15.2. The van der Waals surface area contributed by atoms with E-state index in [2.05, 4.69) is 0 Å². The van der Waals surface area contributed by atoms with Crippen LogP contribution >= 0.6 is 0 Å². The molecule has 1 heterocycles. The number of urea groups is 1. The van der Waals surface area contributed by atoms with Crippen LogP contribution in [0.25, 0.3) is 0 Å². The first-order chi connectivity index (χ1) is 11.3. The Labute approximate surface area is 140 Å². The Bertz CT molecular complexity index is 866. The van der Waals surface area contributed by atoms with Crippen molar-refractivity contribution in [1.29, 1.82) is 0 Å². The summed E-state index contributed by atoms with van der Waals surface area (Å²) in [4.78, 5) is 16.0. The Balaban J connectivity index is 1.78. The molecule has 24 heavy (non-hydrogen) atoms. The maximum Gasteiger partial charge on any atom is 0.324 e. The molecule has 126 valence electrons. The van der Waals surface area contributed by atoms with Gasteiger partial charge in [0.2, 0.25) is 0 Å². The molecule has 0 atom stereocenters. The lowest BCUT2D eigenvalue weighted by Crippen LogP contribution is -2.31. The Hall–Kier alpha value is -2.41. The third-order valence-electron chi connectivity index (χ3n) is 3.94. The van der Waals surface area contributed by atoms with Crippen molar-refractivity contribution in [3.8, 4) is 0 Å². The van der Waals surface area contributed by atoms with Crippen molar-refractivity contribution in [2.75, 3.05) is 24.2 Å². The highest BCUT2D eigenvalue weighted by Gasteiger charge is 2.29. The van der Waals surface area contributed by atoms with Crippen LogP contribution in [0.3, 0.4) is 0 Å². The second-order valence-corrected chi connectivity index (χ2v) is 7.77. The minimum Gasteiger partial charge on any atom is -0.318 e. The number of carbonyl (C=O) groups is 1. The molecule has 1 aliphatic heterocycles. The number of halogens is 1. The molecular formula is C17H17FN2O3S. The average Bonchev–Trinajstić information content (AvgIpc) is 2.90. The van der Waals surface area contributed by atoms with E-state index in [1.54, 1.807) is 34.1 Å². The molecule has 2 aromatic rings. The topological polar surface area (TPSA) is 57.7 Å². The van der Waals surface area contributed by atoms with Gasteiger partial charge in [-0.1, -0.05) is 18.2 Å². The quantitative estimate of drug-likeness (QED) is 0.854. The number of amides is 2. The van der Waals surface area contributed by atoms with Gasteiger partial charge < -0.3 is 4.90 Å². The number of hydrogen-bond acceptors (Lipinski definition) is 3. The van der Waals surface area contributed by atoms with Crippen molar-refractivity contribution in [3.05, 3.63) is 59.9 Å². The van der Waals surface area contributed by atoms with E-state index >= 15 is 0 Å². The van der Waals surface area contributed by atoms with E-state index in [1.165, 1.54) is 24.3 Å². The van der Waals surface area contributed by atoms with E-state index < -0.39 is 9.84 Å². The van der Waals surface area contributed by atoms with Gasteiger partial charge in [0.1, 0.15) is 5.82 Å². The smallest absolute Gasteiger partial charge is 0.318 e. The van der Waals surface area contributed by atoms with E-state index in [-0.39, 0.29) is 16.7 Å². The van der Waals surface area contributed by atoms with Crippen LogP contribution in [0.2, 0.25) is 0 Å². The van der Waals surface area contributed by atoms with Crippen molar-refractivity contribution in [1.82, 2.24) is 4.90 Å². The molecule has 7 heteroatoms. The fourth-order valence-electron chi connectivity index (χ4n) is 2.66. The van der Waals surface area contributed by atoms with Crippen LogP contribution in [0.4, 0.5) is 14.9 Å². The van der Waals surface area contributed by atoms with Gasteiger partial charge in [-0.25, -0.2) is 17.6 Å². The van der Waals surface area contributed by atoms with E-state index in [4.69, 9.17) is 0 Å². The standard InChI is InChI=1S/C17H17FN2O3S/c1-24(22,23)16-4-2-3-15(11-16)20-10-9-19(17(20)21)12-13-5-7-14(18)8-6-13/h2-8,11H,9-10,12H2,1H3. The highest BCUT2D eigenvalue weighted by atomic mass is 32.2. The van der Waals surface area contributed by atoms with Gasteiger partial charge in [0.25, 0.3) is 0 Å². The van der Waals surface area contributed by atoms with Crippen LogP contribution in [-0.2, 0) is 16.4 Å². The summed E-state index contributed by atoms with van der Waals surface area (Å²) >= 11 is 0. The Morgan fingerprint density at radius 2 is 1.79 bits per heavy atom.